The zero-order chi connectivity index (χ0) is 22.6. The summed E-state index contributed by atoms with van der Waals surface area (Å²) < 4.78 is 52.1. The van der Waals surface area contributed by atoms with Crippen LogP contribution in [0.15, 0.2) is 0 Å². The van der Waals surface area contributed by atoms with Crippen molar-refractivity contribution < 1.29 is 46.3 Å². The van der Waals surface area contributed by atoms with Crippen LogP contribution in [0.3, 0.4) is 0 Å². The van der Waals surface area contributed by atoms with Crippen molar-refractivity contribution >= 4 is 10.4 Å². The highest BCUT2D eigenvalue weighted by Gasteiger charge is 2.01. The average Bonchev–Trinajstić information content (AvgIpc) is 2.67. The van der Waals surface area contributed by atoms with Crippen LogP contribution in [0.4, 0.5) is 0 Å². The molecule has 0 aliphatic carbocycles. The molecule has 29 heavy (non-hydrogen) atoms. The van der Waals surface area contributed by atoms with Crippen molar-refractivity contribution in [3.05, 3.63) is 0 Å². The van der Waals surface area contributed by atoms with Gasteiger partial charge in [-0.15, -0.1) is 0 Å². The molecular weight excluding hydrogens is 408 g/mol. The van der Waals surface area contributed by atoms with Gasteiger partial charge in [0.15, 0.2) is 0 Å². The predicted molar refractivity (Wildman–Crippen MR) is 110 cm³/mol. The Labute approximate surface area is 176 Å². The topological polar surface area (TPSA) is 141 Å². The molecule has 3 N–H and O–H groups in total. The average molecular weight is 451 g/mol. The number of hydrogen-bond acceptors (Lipinski definition) is 9. The molecule has 180 valence electrons. The van der Waals surface area contributed by atoms with E-state index in [0.717, 1.165) is 32.5 Å². The molecule has 10 nitrogen and oxygen atoms in total. The summed E-state index contributed by atoms with van der Waals surface area (Å²) in [5.41, 5.74) is 0. The monoisotopic (exact) mass is 450 g/mol. The summed E-state index contributed by atoms with van der Waals surface area (Å²) in [6.45, 7) is 10.6. The predicted octanol–water partition coefficient (Wildman–Crippen LogP) is 1.45. The maximum absolute atomic E-state index is 10.00. The first kappa shape index (κ1) is 33.3. The highest BCUT2D eigenvalue weighted by Crippen LogP contribution is 1.99. The van der Waals surface area contributed by atoms with Crippen molar-refractivity contribution in [2.45, 2.75) is 46.5 Å². The van der Waals surface area contributed by atoms with Crippen molar-refractivity contribution in [1.82, 2.24) is 0 Å². The summed E-state index contributed by atoms with van der Waals surface area (Å²) in [5, 5.41) is 16.7. The van der Waals surface area contributed by atoms with Crippen molar-refractivity contribution in [3.8, 4) is 0 Å². The zero-order valence-electron chi connectivity index (χ0n) is 18.2. The van der Waals surface area contributed by atoms with Gasteiger partial charge in [-0.05, 0) is 20.3 Å². The molecule has 0 saturated carbocycles. The van der Waals surface area contributed by atoms with Crippen LogP contribution in [0.5, 0.6) is 0 Å². The quantitative estimate of drug-likeness (QED) is 0.207. The van der Waals surface area contributed by atoms with Crippen molar-refractivity contribution in [2.24, 2.45) is 0 Å². The van der Waals surface area contributed by atoms with E-state index in [-0.39, 0.29) is 19.8 Å². The fraction of sp³-hybridized carbons (Fsp3) is 1.00. The standard InChI is InChI=1S/C8H18O5.C6H14O4S.C4H10O/c9-1-3-11-5-7-13-8-6-12-4-2-10;1-2-3-4-5-6-10-11(7,8)9;1-3-5-4-2/h9-10H,1-8H2;2-6H2,1H3,(H,7,8,9);3-4H2,1-2H3. The summed E-state index contributed by atoms with van der Waals surface area (Å²) in [4.78, 5) is 0. The Bertz CT molecular complexity index is 354. The summed E-state index contributed by atoms with van der Waals surface area (Å²) in [6, 6.07) is 0. The van der Waals surface area contributed by atoms with E-state index >= 15 is 0 Å². The van der Waals surface area contributed by atoms with Gasteiger partial charge in [-0.25, -0.2) is 4.18 Å². The molecule has 0 aromatic rings. The van der Waals surface area contributed by atoms with Crippen LogP contribution in [0.25, 0.3) is 0 Å². The summed E-state index contributed by atoms with van der Waals surface area (Å²) >= 11 is 0. The molecule has 0 aliphatic rings. The molecule has 0 amide bonds. The Morgan fingerprint density at radius 1 is 0.621 bits per heavy atom. The highest BCUT2D eigenvalue weighted by molar-refractivity contribution is 7.80. The molecule has 0 atom stereocenters. The van der Waals surface area contributed by atoms with E-state index in [1.807, 2.05) is 13.8 Å². The van der Waals surface area contributed by atoms with Crippen molar-refractivity contribution in [3.63, 3.8) is 0 Å². The van der Waals surface area contributed by atoms with Crippen LogP contribution in [-0.2, 0) is 33.5 Å². The fourth-order valence-electron chi connectivity index (χ4n) is 1.57. The zero-order valence-corrected chi connectivity index (χ0v) is 19.0. The van der Waals surface area contributed by atoms with E-state index in [9.17, 15) is 8.42 Å². The highest BCUT2D eigenvalue weighted by atomic mass is 32.3. The normalized spacial score (nSPS) is 10.7. The molecule has 0 saturated heterocycles. The maximum atomic E-state index is 10.00. The van der Waals surface area contributed by atoms with E-state index < -0.39 is 10.4 Å². The Kier molecular flexibility index (Phi) is 34.2. The number of unbranched alkanes of at least 4 members (excludes halogenated alkanes) is 3. The number of hydrogen-bond donors (Lipinski definition) is 3. The van der Waals surface area contributed by atoms with Gasteiger partial charge in [0.2, 0.25) is 0 Å². The Morgan fingerprint density at radius 2 is 1.07 bits per heavy atom. The number of rotatable bonds is 18. The van der Waals surface area contributed by atoms with Crippen LogP contribution >= 0.6 is 0 Å². The van der Waals surface area contributed by atoms with Gasteiger partial charge in [-0.3, -0.25) is 4.55 Å². The molecule has 0 aromatic carbocycles. The summed E-state index contributed by atoms with van der Waals surface area (Å²) in [7, 11) is -4.21. The minimum atomic E-state index is -4.21. The van der Waals surface area contributed by atoms with Crippen molar-refractivity contribution in [2.75, 3.05) is 72.7 Å². The van der Waals surface area contributed by atoms with E-state index in [1.54, 1.807) is 0 Å². The number of aliphatic hydroxyl groups excluding tert-OH is 2. The first-order chi connectivity index (χ1) is 13.9. The summed E-state index contributed by atoms with van der Waals surface area (Å²) in [5.74, 6) is 0. The molecule has 0 heterocycles. The third-order valence-corrected chi connectivity index (χ3v) is 3.32. The largest absolute Gasteiger partial charge is 0.397 e. The van der Waals surface area contributed by atoms with E-state index in [0.29, 0.717) is 46.1 Å². The van der Waals surface area contributed by atoms with Gasteiger partial charge >= 0.3 is 10.4 Å². The molecule has 0 unspecified atom stereocenters. The smallest absolute Gasteiger partial charge is 0.394 e. The number of aliphatic hydroxyl groups is 2. The van der Waals surface area contributed by atoms with Gasteiger partial charge in [0.1, 0.15) is 0 Å². The Balaban J connectivity index is -0.000000383. The lowest BCUT2D eigenvalue weighted by atomic mass is 10.2. The Hall–Kier alpha value is -0.370. The van der Waals surface area contributed by atoms with E-state index in [1.165, 1.54) is 0 Å². The second kappa shape index (κ2) is 29.8. The van der Waals surface area contributed by atoms with Gasteiger partial charge in [-0.2, -0.15) is 8.42 Å². The van der Waals surface area contributed by atoms with Crippen LogP contribution in [0.1, 0.15) is 46.5 Å². The molecular formula is C18H42O10S. The SMILES string of the molecule is CCCCCCOS(=O)(=O)O.CCOCC.OCCOCCOCCOCCO. The molecule has 0 rings (SSSR count). The second-order valence-corrected chi connectivity index (χ2v) is 6.47. The molecule has 0 fully saturated rings. The van der Waals surface area contributed by atoms with Gasteiger partial charge in [0, 0.05) is 13.2 Å². The van der Waals surface area contributed by atoms with Crippen LogP contribution in [0.2, 0.25) is 0 Å². The third-order valence-electron chi connectivity index (χ3n) is 2.85. The van der Waals surface area contributed by atoms with Gasteiger partial charge in [0.25, 0.3) is 0 Å². The van der Waals surface area contributed by atoms with Gasteiger partial charge in [0.05, 0.1) is 59.5 Å². The van der Waals surface area contributed by atoms with Crippen LogP contribution in [0, 0.1) is 0 Å². The lowest BCUT2D eigenvalue weighted by Gasteiger charge is -2.04. The third kappa shape index (κ3) is 47.1. The van der Waals surface area contributed by atoms with E-state index in [4.69, 9.17) is 33.7 Å². The molecule has 0 bridgehead atoms. The Morgan fingerprint density at radius 3 is 1.38 bits per heavy atom. The summed E-state index contributed by atoms with van der Waals surface area (Å²) in [6.07, 6.45) is 3.76. The fourth-order valence-corrected chi connectivity index (χ4v) is 1.90. The minimum absolute atomic E-state index is 0.0413. The minimum Gasteiger partial charge on any atom is -0.394 e. The van der Waals surface area contributed by atoms with Crippen molar-refractivity contribution in [1.29, 1.82) is 0 Å². The molecule has 0 spiro atoms. The second-order valence-electron chi connectivity index (χ2n) is 5.38. The molecule has 0 aromatic heterocycles. The van der Waals surface area contributed by atoms with Gasteiger partial charge < -0.3 is 29.2 Å². The molecule has 11 heteroatoms. The maximum Gasteiger partial charge on any atom is 0.397 e. The first-order valence-electron chi connectivity index (χ1n) is 10.0. The van der Waals surface area contributed by atoms with Crippen LogP contribution < -0.4 is 0 Å². The van der Waals surface area contributed by atoms with Crippen LogP contribution in [-0.4, -0.2) is 95.9 Å². The lowest BCUT2D eigenvalue weighted by molar-refractivity contribution is 0.00230. The first-order valence-corrected chi connectivity index (χ1v) is 11.4. The number of ether oxygens (including phenoxy) is 4. The molecule has 0 radical (unpaired) electrons. The molecule has 0 aliphatic heterocycles. The van der Waals surface area contributed by atoms with Gasteiger partial charge in [-0.1, -0.05) is 26.2 Å². The lowest BCUT2D eigenvalue weighted by Crippen LogP contribution is -2.11. The van der Waals surface area contributed by atoms with E-state index in [2.05, 4.69) is 11.1 Å².